The van der Waals surface area contributed by atoms with E-state index >= 15 is 0 Å². The molecule has 0 bridgehead atoms. The van der Waals surface area contributed by atoms with Crippen molar-refractivity contribution in [2.45, 2.75) is 58.0 Å². The number of hydrogen-bond acceptors (Lipinski definition) is 3. The summed E-state index contributed by atoms with van der Waals surface area (Å²) in [6.45, 7) is 9.05. The average Bonchev–Trinajstić information content (AvgIpc) is 2.61. The minimum atomic E-state index is -0.203. The summed E-state index contributed by atoms with van der Waals surface area (Å²) in [4.78, 5) is 26.8. The van der Waals surface area contributed by atoms with Gasteiger partial charge in [-0.05, 0) is 58.8 Å². The Morgan fingerprint density at radius 3 is 2.40 bits per heavy atom. The second kappa shape index (κ2) is 8.99. The van der Waals surface area contributed by atoms with Gasteiger partial charge in [0.05, 0.1) is 0 Å². The second-order valence-electron chi connectivity index (χ2n) is 7.58. The van der Waals surface area contributed by atoms with Crippen molar-refractivity contribution in [3.8, 4) is 0 Å². The summed E-state index contributed by atoms with van der Waals surface area (Å²) in [5, 5.41) is 5.91. The molecule has 2 N–H and O–H groups in total. The molecule has 5 nitrogen and oxygen atoms in total. The van der Waals surface area contributed by atoms with Crippen LogP contribution in [-0.4, -0.2) is 47.9 Å². The van der Waals surface area contributed by atoms with E-state index in [-0.39, 0.29) is 29.8 Å². The Balaban J connectivity index is 1.74. The van der Waals surface area contributed by atoms with Crippen LogP contribution in [0.15, 0.2) is 30.3 Å². The van der Waals surface area contributed by atoms with Crippen LogP contribution in [0.3, 0.4) is 0 Å². The first-order chi connectivity index (χ1) is 11.9. The van der Waals surface area contributed by atoms with E-state index in [1.807, 2.05) is 25.1 Å². The lowest BCUT2D eigenvalue weighted by Crippen LogP contribution is -2.53. The Bertz CT molecular complexity index is 566. The minimum absolute atomic E-state index is 0.0223. The van der Waals surface area contributed by atoms with Gasteiger partial charge in [0, 0.05) is 30.1 Å². The Morgan fingerprint density at radius 1 is 1.12 bits per heavy atom. The van der Waals surface area contributed by atoms with Gasteiger partial charge < -0.3 is 10.6 Å². The Hall–Kier alpha value is -1.88. The molecule has 0 radical (unpaired) electrons. The van der Waals surface area contributed by atoms with Crippen molar-refractivity contribution >= 4 is 11.8 Å². The molecular formula is C20H31N3O2. The number of rotatable bonds is 7. The zero-order valence-electron chi connectivity index (χ0n) is 15.7. The topological polar surface area (TPSA) is 61.4 Å². The van der Waals surface area contributed by atoms with Gasteiger partial charge in [-0.15, -0.1) is 0 Å². The highest BCUT2D eigenvalue weighted by atomic mass is 16.2. The summed E-state index contributed by atoms with van der Waals surface area (Å²) in [6, 6.07) is 8.86. The van der Waals surface area contributed by atoms with Gasteiger partial charge >= 0.3 is 0 Å². The van der Waals surface area contributed by atoms with Crippen molar-refractivity contribution in [3.63, 3.8) is 0 Å². The van der Waals surface area contributed by atoms with Gasteiger partial charge in [-0.25, -0.2) is 0 Å². The summed E-state index contributed by atoms with van der Waals surface area (Å²) in [6.07, 6.45) is 4.06. The van der Waals surface area contributed by atoms with E-state index in [4.69, 9.17) is 0 Å². The lowest BCUT2D eigenvalue weighted by atomic mass is 9.98. The Kier molecular flexibility index (Phi) is 7.00. The second-order valence-corrected chi connectivity index (χ2v) is 7.58. The van der Waals surface area contributed by atoms with Crippen LogP contribution < -0.4 is 10.6 Å². The zero-order valence-corrected chi connectivity index (χ0v) is 15.7. The summed E-state index contributed by atoms with van der Waals surface area (Å²) >= 11 is 0. The smallest absolute Gasteiger partial charge is 0.251 e. The number of nitrogens with one attached hydrogen (secondary N) is 2. The third-order valence-corrected chi connectivity index (χ3v) is 4.84. The lowest BCUT2D eigenvalue weighted by Gasteiger charge is -2.41. The van der Waals surface area contributed by atoms with Crippen LogP contribution >= 0.6 is 0 Å². The SMILES string of the molecule is CC(CC(=O)NCC(C)(C)N1CCCCC1)NC(=O)c1ccccc1. The van der Waals surface area contributed by atoms with Gasteiger partial charge in [0.1, 0.15) is 0 Å². The van der Waals surface area contributed by atoms with E-state index in [1.54, 1.807) is 12.1 Å². The summed E-state index contributed by atoms with van der Waals surface area (Å²) in [7, 11) is 0. The molecule has 1 atom stereocenters. The molecule has 2 amide bonds. The lowest BCUT2D eigenvalue weighted by molar-refractivity contribution is -0.122. The first kappa shape index (κ1) is 19.4. The number of carbonyl (C=O) groups is 2. The molecular weight excluding hydrogens is 314 g/mol. The van der Waals surface area contributed by atoms with Gasteiger partial charge in [-0.2, -0.15) is 0 Å². The molecule has 0 spiro atoms. The number of benzene rings is 1. The van der Waals surface area contributed by atoms with Crippen LogP contribution in [0.5, 0.6) is 0 Å². The molecule has 5 heteroatoms. The summed E-state index contributed by atoms with van der Waals surface area (Å²) < 4.78 is 0. The van der Waals surface area contributed by atoms with Crippen LogP contribution in [-0.2, 0) is 4.79 Å². The average molecular weight is 345 g/mol. The van der Waals surface area contributed by atoms with Crippen molar-refractivity contribution in [1.29, 1.82) is 0 Å². The van der Waals surface area contributed by atoms with E-state index in [0.717, 1.165) is 13.1 Å². The highest BCUT2D eigenvalue weighted by Gasteiger charge is 2.28. The van der Waals surface area contributed by atoms with Crippen LogP contribution in [0.25, 0.3) is 0 Å². The van der Waals surface area contributed by atoms with Crippen molar-refractivity contribution in [1.82, 2.24) is 15.5 Å². The molecule has 1 aromatic rings. The fraction of sp³-hybridized carbons (Fsp3) is 0.600. The maximum atomic E-state index is 12.2. The molecule has 2 rings (SSSR count). The predicted molar refractivity (Wildman–Crippen MR) is 100 cm³/mol. The molecule has 138 valence electrons. The first-order valence-corrected chi connectivity index (χ1v) is 9.26. The molecule has 1 aromatic carbocycles. The van der Waals surface area contributed by atoms with Crippen molar-refractivity contribution in [2.75, 3.05) is 19.6 Å². The summed E-state index contributed by atoms with van der Waals surface area (Å²) in [5.74, 6) is -0.166. The van der Waals surface area contributed by atoms with Crippen LogP contribution in [0, 0.1) is 0 Å². The number of hydrogen-bond donors (Lipinski definition) is 2. The molecule has 1 saturated heterocycles. The maximum absolute atomic E-state index is 12.2. The number of amides is 2. The van der Waals surface area contributed by atoms with Crippen molar-refractivity contribution < 1.29 is 9.59 Å². The fourth-order valence-corrected chi connectivity index (χ4v) is 3.22. The van der Waals surface area contributed by atoms with Gasteiger partial charge in [0.2, 0.25) is 5.91 Å². The van der Waals surface area contributed by atoms with E-state index < -0.39 is 0 Å². The molecule has 1 unspecified atom stereocenters. The third kappa shape index (κ3) is 6.16. The molecule has 0 aromatic heterocycles. The van der Waals surface area contributed by atoms with E-state index in [0.29, 0.717) is 12.1 Å². The minimum Gasteiger partial charge on any atom is -0.354 e. The van der Waals surface area contributed by atoms with E-state index in [2.05, 4.69) is 29.4 Å². The monoisotopic (exact) mass is 345 g/mol. The number of likely N-dealkylation sites (tertiary alicyclic amines) is 1. The van der Waals surface area contributed by atoms with Gasteiger partial charge in [-0.3, -0.25) is 14.5 Å². The van der Waals surface area contributed by atoms with Crippen LogP contribution in [0.4, 0.5) is 0 Å². The molecule has 1 aliphatic rings. The molecule has 1 fully saturated rings. The largest absolute Gasteiger partial charge is 0.354 e. The van der Waals surface area contributed by atoms with E-state index in [9.17, 15) is 9.59 Å². The predicted octanol–water partition coefficient (Wildman–Crippen LogP) is 2.58. The standard InChI is InChI=1S/C20H31N3O2/c1-16(22-19(25)17-10-6-4-7-11-17)14-18(24)21-15-20(2,3)23-12-8-5-9-13-23/h4,6-7,10-11,16H,5,8-9,12-15H2,1-3H3,(H,21,24)(H,22,25). The summed E-state index contributed by atoms with van der Waals surface area (Å²) in [5.41, 5.74) is 0.577. The van der Waals surface area contributed by atoms with E-state index in [1.165, 1.54) is 19.3 Å². The van der Waals surface area contributed by atoms with Gasteiger partial charge in [-0.1, -0.05) is 24.6 Å². The fourth-order valence-electron chi connectivity index (χ4n) is 3.22. The quantitative estimate of drug-likeness (QED) is 0.798. The van der Waals surface area contributed by atoms with Crippen LogP contribution in [0.1, 0.15) is 56.8 Å². The molecule has 25 heavy (non-hydrogen) atoms. The zero-order chi connectivity index (χ0) is 18.3. The molecule has 1 heterocycles. The van der Waals surface area contributed by atoms with Gasteiger partial charge in [0.25, 0.3) is 5.91 Å². The maximum Gasteiger partial charge on any atom is 0.251 e. The third-order valence-electron chi connectivity index (χ3n) is 4.84. The Labute approximate surface area is 151 Å². The Morgan fingerprint density at radius 2 is 1.76 bits per heavy atom. The van der Waals surface area contributed by atoms with Gasteiger partial charge in [0.15, 0.2) is 0 Å². The highest BCUT2D eigenvalue weighted by Crippen LogP contribution is 2.19. The highest BCUT2D eigenvalue weighted by molar-refractivity contribution is 5.94. The van der Waals surface area contributed by atoms with Crippen molar-refractivity contribution in [3.05, 3.63) is 35.9 Å². The van der Waals surface area contributed by atoms with Crippen molar-refractivity contribution in [2.24, 2.45) is 0 Å². The molecule has 0 aliphatic carbocycles. The normalized spacial score (nSPS) is 16.9. The number of carbonyl (C=O) groups excluding carboxylic acids is 2. The van der Waals surface area contributed by atoms with Crippen LogP contribution in [0.2, 0.25) is 0 Å². The number of piperidine rings is 1. The molecule has 1 aliphatic heterocycles. The first-order valence-electron chi connectivity index (χ1n) is 9.26. The molecule has 0 saturated carbocycles. The number of nitrogens with zero attached hydrogens (tertiary/aromatic N) is 1.